The van der Waals surface area contributed by atoms with E-state index in [-0.39, 0.29) is 31.1 Å². The highest BCUT2D eigenvalue weighted by Crippen LogP contribution is 2.31. The summed E-state index contributed by atoms with van der Waals surface area (Å²) in [7, 11) is 0. The smallest absolute Gasteiger partial charge is 0.269 e. The summed E-state index contributed by atoms with van der Waals surface area (Å²) < 4.78 is 18.9. The molecule has 1 aromatic heterocycles. The molecule has 9 heteroatoms. The lowest BCUT2D eigenvalue weighted by Gasteiger charge is -2.33. The van der Waals surface area contributed by atoms with Gasteiger partial charge in [0.1, 0.15) is 25.0 Å². The van der Waals surface area contributed by atoms with E-state index in [4.69, 9.17) is 14.2 Å². The Morgan fingerprint density at radius 1 is 1.14 bits per heavy atom. The van der Waals surface area contributed by atoms with Crippen LogP contribution in [-0.4, -0.2) is 58.4 Å². The molecule has 2 aliphatic rings. The minimum atomic E-state index is -0.770. The third kappa shape index (κ3) is 5.56. The highest BCUT2D eigenvalue weighted by atomic mass is 16.6. The van der Waals surface area contributed by atoms with Crippen LogP contribution in [0.2, 0.25) is 0 Å². The molecule has 5 rings (SSSR count). The molecule has 0 aliphatic carbocycles. The average Bonchev–Trinajstić information content (AvgIpc) is 3.31. The van der Waals surface area contributed by atoms with Gasteiger partial charge in [0.15, 0.2) is 11.5 Å². The van der Waals surface area contributed by atoms with Crippen molar-refractivity contribution in [3.8, 4) is 17.2 Å². The maximum absolute atomic E-state index is 12.9. The van der Waals surface area contributed by atoms with Gasteiger partial charge in [-0.1, -0.05) is 29.8 Å². The van der Waals surface area contributed by atoms with Crippen LogP contribution in [0.3, 0.4) is 0 Å². The zero-order chi connectivity index (χ0) is 24.2. The van der Waals surface area contributed by atoms with Crippen molar-refractivity contribution in [1.82, 2.24) is 14.7 Å². The van der Waals surface area contributed by atoms with Crippen molar-refractivity contribution in [3.63, 3.8) is 0 Å². The van der Waals surface area contributed by atoms with Crippen molar-refractivity contribution in [1.29, 1.82) is 0 Å². The molecule has 0 bridgehead atoms. The zero-order valence-corrected chi connectivity index (χ0v) is 19.6. The molecule has 3 aromatic rings. The van der Waals surface area contributed by atoms with Gasteiger partial charge in [0.2, 0.25) is 12.0 Å². The van der Waals surface area contributed by atoms with Crippen molar-refractivity contribution in [2.75, 3.05) is 25.0 Å². The molecular formula is C26H28N4O5. The molecule has 2 aliphatic heterocycles. The van der Waals surface area contributed by atoms with Crippen molar-refractivity contribution in [3.05, 3.63) is 66.5 Å². The number of hydrogen-bond donors (Lipinski definition) is 1. The Morgan fingerprint density at radius 2 is 1.94 bits per heavy atom. The summed E-state index contributed by atoms with van der Waals surface area (Å²) in [5, 5.41) is 7.01. The van der Waals surface area contributed by atoms with E-state index in [9.17, 15) is 9.59 Å². The van der Waals surface area contributed by atoms with E-state index >= 15 is 0 Å². The molecule has 9 nitrogen and oxygen atoms in total. The molecule has 1 N–H and O–H groups in total. The van der Waals surface area contributed by atoms with E-state index in [0.29, 0.717) is 30.3 Å². The first-order chi connectivity index (χ1) is 17.0. The van der Waals surface area contributed by atoms with Gasteiger partial charge in [-0.15, -0.1) is 0 Å². The number of nitrogens with one attached hydrogen (secondary N) is 1. The van der Waals surface area contributed by atoms with E-state index in [1.807, 2.05) is 48.2 Å². The minimum absolute atomic E-state index is 0.0364. The summed E-state index contributed by atoms with van der Waals surface area (Å²) >= 11 is 0. The van der Waals surface area contributed by atoms with Gasteiger partial charge in [-0.25, -0.2) is 0 Å². The predicted molar refractivity (Wildman–Crippen MR) is 129 cm³/mol. The van der Waals surface area contributed by atoms with Crippen LogP contribution < -0.4 is 19.5 Å². The Balaban J connectivity index is 1.12. The normalized spacial score (nSPS) is 19.2. The summed E-state index contributed by atoms with van der Waals surface area (Å²) in [4.78, 5) is 27.3. The van der Waals surface area contributed by atoms with Crippen molar-refractivity contribution in [2.24, 2.45) is 0 Å². The number of nitrogens with zero attached hydrogens (tertiary/aromatic N) is 3. The van der Waals surface area contributed by atoms with Crippen molar-refractivity contribution < 1.29 is 23.8 Å². The van der Waals surface area contributed by atoms with Gasteiger partial charge in [-0.3, -0.25) is 14.3 Å². The minimum Gasteiger partial charge on any atom is -0.489 e. The monoisotopic (exact) mass is 476 g/mol. The van der Waals surface area contributed by atoms with Crippen LogP contribution in [-0.2, 0) is 16.1 Å². The largest absolute Gasteiger partial charge is 0.489 e. The second kappa shape index (κ2) is 10.1. The number of piperidine rings is 1. The van der Waals surface area contributed by atoms with Gasteiger partial charge in [0.25, 0.3) is 5.91 Å². The molecule has 2 aromatic carbocycles. The van der Waals surface area contributed by atoms with Gasteiger partial charge in [0, 0.05) is 12.7 Å². The van der Waals surface area contributed by atoms with Gasteiger partial charge < -0.3 is 24.4 Å². The summed E-state index contributed by atoms with van der Waals surface area (Å²) in [6.45, 7) is 3.48. The van der Waals surface area contributed by atoms with Crippen LogP contribution in [0.15, 0.2) is 60.9 Å². The number of rotatable bonds is 6. The SMILES string of the molecule is Cc1ccc(O[C@H]2CCCN(C(=O)Cn3cc(NC(=O)C4COc5ccccc5O4)cn3)C2)cc1. The number of ether oxygens (including phenoxy) is 3. The molecule has 1 saturated heterocycles. The summed E-state index contributed by atoms with van der Waals surface area (Å²) in [5.74, 6) is 1.60. The van der Waals surface area contributed by atoms with Gasteiger partial charge in [-0.05, 0) is 44.0 Å². The molecule has 2 atom stereocenters. The molecule has 35 heavy (non-hydrogen) atoms. The number of aromatic nitrogens is 2. The number of carbonyl (C=O) groups excluding carboxylic acids is 2. The first kappa shape index (κ1) is 22.8. The summed E-state index contributed by atoms with van der Waals surface area (Å²) in [5.41, 5.74) is 1.67. The fourth-order valence-electron chi connectivity index (χ4n) is 4.19. The summed E-state index contributed by atoms with van der Waals surface area (Å²) in [6.07, 6.45) is 4.14. The highest BCUT2D eigenvalue weighted by Gasteiger charge is 2.28. The molecule has 2 amide bonds. The van der Waals surface area contributed by atoms with Gasteiger partial charge in [-0.2, -0.15) is 5.10 Å². The second-order valence-corrected chi connectivity index (χ2v) is 8.81. The van der Waals surface area contributed by atoms with E-state index in [1.165, 1.54) is 16.4 Å². The lowest BCUT2D eigenvalue weighted by Crippen LogP contribution is -2.45. The number of hydrogen-bond acceptors (Lipinski definition) is 6. The van der Waals surface area contributed by atoms with Crippen LogP contribution in [0.5, 0.6) is 17.2 Å². The van der Waals surface area contributed by atoms with Gasteiger partial charge in [0.05, 0.1) is 18.4 Å². The zero-order valence-electron chi connectivity index (χ0n) is 19.6. The van der Waals surface area contributed by atoms with E-state index in [1.54, 1.807) is 18.3 Å². The Hall–Kier alpha value is -4.01. The predicted octanol–water partition coefficient (Wildman–Crippen LogP) is 3.04. The van der Waals surface area contributed by atoms with Crippen LogP contribution in [0.4, 0.5) is 5.69 Å². The van der Waals surface area contributed by atoms with E-state index in [0.717, 1.165) is 18.6 Å². The number of benzene rings is 2. The van der Waals surface area contributed by atoms with Gasteiger partial charge >= 0.3 is 0 Å². The lowest BCUT2D eigenvalue weighted by molar-refractivity contribution is -0.134. The fraction of sp³-hybridized carbons (Fsp3) is 0.346. The number of fused-ring (bicyclic) bond motifs is 1. The number of anilines is 1. The Bertz CT molecular complexity index is 1190. The average molecular weight is 477 g/mol. The molecule has 1 fully saturated rings. The molecular weight excluding hydrogens is 448 g/mol. The van der Waals surface area contributed by atoms with Crippen LogP contribution >= 0.6 is 0 Å². The standard InChI is InChI=1S/C26H28N4O5/c1-18-8-10-20(11-9-18)34-21-5-4-12-29(15-21)25(31)16-30-14-19(13-27-30)28-26(32)24-17-33-22-6-2-3-7-23(22)35-24/h2-3,6-11,13-14,21,24H,4-5,12,15-17H2,1H3,(H,28,32)/t21-,24?/m0/s1. The number of carbonyl (C=O) groups is 2. The van der Waals surface area contributed by atoms with Crippen molar-refractivity contribution >= 4 is 17.5 Å². The van der Waals surface area contributed by atoms with Crippen LogP contribution in [0, 0.1) is 6.92 Å². The van der Waals surface area contributed by atoms with Crippen LogP contribution in [0.25, 0.3) is 0 Å². The maximum atomic E-state index is 12.9. The first-order valence-corrected chi connectivity index (χ1v) is 11.8. The van der Waals surface area contributed by atoms with Crippen LogP contribution in [0.1, 0.15) is 18.4 Å². The lowest BCUT2D eigenvalue weighted by atomic mass is 10.1. The first-order valence-electron chi connectivity index (χ1n) is 11.8. The molecule has 3 heterocycles. The molecule has 0 spiro atoms. The third-order valence-corrected chi connectivity index (χ3v) is 6.05. The quantitative estimate of drug-likeness (QED) is 0.588. The Kier molecular flexibility index (Phi) is 6.56. The third-order valence-electron chi connectivity index (χ3n) is 6.05. The number of amides is 2. The molecule has 1 unspecified atom stereocenters. The topological polar surface area (TPSA) is 94.9 Å². The Labute approximate surface area is 203 Å². The number of para-hydroxylation sites is 2. The Morgan fingerprint density at radius 3 is 2.77 bits per heavy atom. The number of aryl methyl sites for hydroxylation is 1. The van der Waals surface area contributed by atoms with E-state index in [2.05, 4.69) is 10.4 Å². The second-order valence-electron chi connectivity index (χ2n) is 8.81. The maximum Gasteiger partial charge on any atom is 0.269 e. The highest BCUT2D eigenvalue weighted by molar-refractivity contribution is 5.94. The molecule has 182 valence electrons. The number of likely N-dealkylation sites (tertiary alicyclic amines) is 1. The van der Waals surface area contributed by atoms with Crippen molar-refractivity contribution in [2.45, 2.75) is 38.5 Å². The fourth-order valence-corrected chi connectivity index (χ4v) is 4.19. The molecule has 0 radical (unpaired) electrons. The summed E-state index contributed by atoms with van der Waals surface area (Å²) in [6, 6.07) is 15.2. The van der Waals surface area contributed by atoms with E-state index < -0.39 is 6.10 Å². The molecule has 0 saturated carbocycles.